The fourth-order valence-electron chi connectivity index (χ4n) is 2.97. The van der Waals surface area contributed by atoms with Gasteiger partial charge in [0.1, 0.15) is 11.3 Å². The molecule has 4 rings (SSSR count). The summed E-state index contributed by atoms with van der Waals surface area (Å²) in [5, 5.41) is 20.6. The van der Waals surface area contributed by atoms with Crippen molar-refractivity contribution in [3.8, 4) is 28.7 Å². The number of oxazole rings is 1. The summed E-state index contributed by atoms with van der Waals surface area (Å²) in [5.41, 5.74) is 3.89. The highest BCUT2D eigenvalue weighted by molar-refractivity contribution is 9.10. The fourth-order valence-corrected chi connectivity index (χ4v) is 3.42. The van der Waals surface area contributed by atoms with Crippen molar-refractivity contribution in [3.63, 3.8) is 0 Å². The largest absolute Gasteiger partial charge is 0.507 e. The fraction of sp³-hybridized carbons (Fsp3) is 0.0909. The smallest absolute Gasteiger partial charge is 0.231 e. The normalized spacial score (nSPS) is 11.4. The van der Waals surface area contributed by atoms with Crippen LogP contribution in [-0.4, -0.2) is 28.5 Å². The van der Waals surface area contributed by atoms with E-state index in [0.717, 1.165) is 15.6 Å². The Morgan fingerprint density at radius 3 is 2.72 bits per heavy atom. The van der Waals surface area contributed by atoms with Gasteiger partial charge in [0.05, 0.1) is 18.4 Å². The van der Waals surface area contributed by atoms with E-state index in [0.29, 0.717) is 34.0 Å². The molecule has 0 aliphatic heterocycles. The van der Waals surface area contributed by atoms with Crippen LogP contribution in [0.15, 0.2) is 62.4 Å². The third-order valence-electron chi connectivity index (χ3n) is 4.47. The van der Waals surface area contributed by atoms with E-state index < -0.39 is 0 Å². The van der Waals surface area contributed by atoms with Gasteiger partial charge in [-0.15, -0.1) is 0 Å². The van der Waals surface area contributed by atoms with Gasteiger partial charge in [-0.25, -0.2) is 4.98 Å². The molecule has 0 radical (unpaired) electrons. The SMILES string of the molecule is COc1cc(Br)cc(C=Nc2ccc(O)c(-c3nc4c(C)cccc4o3)c2)c1O. The number of benzene rings is 3. The molecule has 0 atom stereocenters. The zero-order chi connectivity index (χ0) is 20.5. The van der Waals surface area contributed by atoms with E-state index in [1.54, 1.807) is 24.3 Å². The van der Waals surface area contributed by atoms with E-state index in [9.17, 15) is 10.2 Å². The number of methoxy groups -OCH3 is 1. The van der Waals surface area contributed by atoms with Gasteiger partial charge < -0.3 is 19.4 Å². The first-order valence-corrected chi connectivity index (χ1v) is 9.55. The van der Waals surface area contributed by atoms with E-state index in [1.807, 2.05) is 25.1 Å². The molecule has 0 aliphatic rings. The van der Waals surface area contributed by atoms with Crippen LogP contribution in [0.3, 0.4) is 0 Å². The molecule has 6 nitrogen and oxygen atoms in total. The summed E-state index contributed by atoms with van der Waals surface area (Å²) in [5.74, 6) is 0.692. The minimum atomic E-state index is -0.00659. The molecule has 2 N–H and O–H groups in total. The molecule has 0 saturated heterocycles. The summed E-state index contributed by atoms with van der Waals surface area (Å²) in [6.45, 7) is 1.95. The van der Waals surface area contributed by atoms with E-state index in [2.05, 4.69) is 25.9 Å². The van der Waals surface area contributed by atoms with Crippen molar-refractivity contribution >= 4 is 38.9 Å². The number of aromatic nitrogens is 1. The molecular formula is C22H17BrN2O4. The number of phenolic OH excluding ortho intramolecular Hbond substituents is 2. The van der Waals surface area contributed by atoms with Crippen molar-refractivity contribution < 1.29 is 19.4 Å². The average Bonchev–Trinajstić information content (AvgIpc) is 3.15. The topological polar surface area (TPSA) is 88.1 Å². The molecule has 146 valence electrons. The number of halogens is 1. The molecule has 3 aromatic carbocycles. The minimum absolute atomic E-state index is 0.00659. The van der Waals surface area contributed by atoms with Crippen molar-refractivity contribution in [2.45, 2.75) is 6.92 Å². The Morgan fingerprint density at radius 1 is 1.14 bits per heavy atom. The van der Waals surface area contributed by atoms with Crippen LogP contribution in [0.5, 0.6) is 17.2 Å². The lowest BCUT2D eigenvalue weighted by molar-refractivity contribution is 0.373. The number of aliphatic imine (C=N–C) groups is 1. The maximum Gasteiger partial charge on any atom is 0.231 e. The number of rotatable bonds is 4. The predicted molar refractivity (Wildman–Crippen MR) is 115 cm³/mol. The molecule has 1 aromatic heterocycles. The molecule has 0 amide bonds. The number of aryl methyl sites for hydroxylation is 1. The predicted octanol–water partition coefficient (Wildman–Crippen LogP) is 5.74. The van der Waals surface area contributed by atoms with Crippen molar-refractivity contribution in [1.82, 2.24) is 4.98 Å². The molecule has 0 bridgehead atoms. The molecular weight excluding hydrogens is 436 g/mol. The Bertz CT molecular complexity index is 1250. The van der Waals surface area contributed by atoms with Crippen LogP contribution < -0.4 is 4.74 Å². The van der Waals surface area contributed by atoms with Gasteiger partial charge in [0, 0.05) is 16.3 Å². The van der Waals surface area contributed by atoms with Gasteiger partial charge in [-0.05, 0) is 48.9 Å². The maximum absolute atomic E-state index is 10.3. The number of hydrogen-bond acceptors (Lipinski definition) is 6. The van der Waals surface area contributed by atoms with Gasteiger partial charge in [-0.3, -0.25) is 4.99 Å². The number of fused-ring (bicyclic) bond motifs is 1. The summed E-state index contributed by atoms with van der Waals surface area (Å²) in [7, 11) is 1.48. The van der Waals surface area contributed by atoms with Gasteiger partial charge in [-0.1, -0.05) is 28.1 Å². The average molecular weight is 453 g/mol. The Hall–Kier alpha value is -3.32. The highest BCUT2D eigenvalue weighted by atomic mass is 79.9. The lowest BCUT2D eigenvalue weighted by Crippen LogP contribution is -1.89. The van der Waals surface area contributed by atoms with Crippen LogP contribution in [0, 0.1) is 6.92 Å². The quantitative estimate of drug-likeness (QED) is 0.385. The van der Waals surface area contributed by atoms with Crippen LogP contribution in [0.1, 0.15) is 11.1 Å². The summed E-state index contributed by atoms with van der Waals surface area (Å²) >= 11 is 3.38. The molecule has 29 heavy (non-hydrogen) atoms. The Morgan fingerprint density at radius 2 is 1.97 bits per heavy atom. The number of nitrogens with zero attached hydrogens (tertiary/aromatic N) is 2. The number of ether oxygens (including phenoxy) is 1. The number of hydrogen-bond donors (Lipinski definition) is 2. The molecule has 0 fully saturated rings. The molecule has 1 heterocycles. The van der Waals surface area contributed by atoms with E-state index in [-0.39, 0.29) is 11.5 Å². The number of aromatic hydroxyl groups is 2. The van der Waals surface area contributed by atoms with Gasteiger partial charge in [0.25, 0.3) is 0 Å². The van der Waals surface area contributed by atoms with Crippen LogP contribution >= 0.6 is 15.9 Å². The lowest BCUT2D eigenvalue weighted by atomic mass is 10.1. The second-order valence-electron chi connectivity index (χ2n) is 6.45. The first-order valence-electron chi connectivity index (χ1n) is 8.76. The summed E-state index contributed by atoms with van der Waals surface area (Å²) in [4.78, 5) is 8.92. The Balaban J connectivity index is 1.73. The molecule has 0 aliphatic carbocycles. The lowest BCUT2D eigenvalue weighted by Gasteiger charge is -2.07. The molecule has 7 heteroatoms. The second kappa shape index (κ2) is 7.60. The van der Waals surface area contributed by atoms with Gasteiger partial charge in [0.15, 0.2) is 17.1 Å². The van der Waals surface area contributed by atoms with E-state index in [1.165, 1.54) is 19.4 Å². The molecule has 0 unspecified atom stereocenters. The van der Waals surface area contributed by atoms with Gasteiger partial charge in [0.2, 0.25) is 5.89 Å². The van der Waals surface area contributed by atoms with Crippen LogP contribution in [0.4, 0.5) is 5.69 Å². The minimum Gasteiger partial charge on any atom is -0.507 e. The monoisotopic (exact) mass is 452 g/mol. The second-order valence-corrected chi connectivity index (χ2v) is 7.36. The van der Waals surface area contributed by atoms with Gasteiger partial charge >= 0.3 is 0 Å². The zero-order valence-electron chi connectivity index (χ0n) is 15.7. The van der Waals surface area contributed by atoms with Crippen LogP contribution in [0.2, 0.25) is 0 Å². The van der Waals surface area contributed by atoms with Crippen molar-refractivity contribution in [1.29, 1.82) is 0 Å². The molecule has 4 aromatic rings. The molecule has 0 spiro atoms. The van der Waals surface area contributed by atoms with Crippen molar-refractivity contribution in [2.75, 3.05) is 7.11 Å². The van der Waals surface area contributed by atoms with Gasteiger partial charge in [-0.2, -0.15) is 0 Å². The van der Waals surface area contributed by atoms with Crippen molar-refractivity contribution in [2.24, 2.45) is 4.99 Å². The maximum atomic E-state index is 10.3. The summed E-state index contributed by atoms with van der Waals surface area (Å²) in [6.07, 6.45) is 1.52. The van der Waals surface area contributed by atoms with Crippen molar-refractivity contribution in [3.05, 3.63) is 64.1 Å². The first kappa shape index (κ1) is 19.0. The Labute approximate surface area is 175 Å². The molecule has 0 saturated carbocycles. The van der Waals surface area contributed by atoms with E-state index in [4.69, 9.17) is 9.15 Å². The number of phenols is 2. The summed E-state index contributed by atoms with van der Waals surface area (Å²) in [6, 6.07) is 14.0. The first-order chi connectivity index (χ1) is 14.0. The van der Waals surface area contributed by atoms with Crippen LogP contribution in [-0.2, 0) is 0 Å². The number of para-hydroxylation sites is 1. The van der Waals surface area contributed by atoms with Crippen LogP contribution in [0.25, 0.3) is 22.6 Å². The standard InChI is InChI=1S/C22H17BrN2O4/c1-12-4-3-5-18-20(12)25-22(29-18)16-10-15(6-7-17(16)26)24-11-13-8-14(23)9-19(28-2)21(13)27/h3-11,26-27H,1-2H3. The highest BCUT2D eigenvalue weighted by Gasteiger charge is 2.14. The Kier molecular flexibility index (Phi) is 4.98. The third-order valence-corrected chi connectivity index (χ3v) is 4.93. The zero-order valence-corrected chi connectivity index (χ0v) is 17.3. The van der Waals surface area contributed by atoms with E-state index >= 15 is 0 Å². The highest BCUT2D eigenvalue weighted by Crippen LogP contribution is 2.36. The summed E-state index contributed by atoms with van der Waals surface area (Å²) < 4.78 is 11.7. The third kappa shape index (κ3) is 3.69.